The number of piperidine rings is 1. The van der Waals surface area contributed by atoms with E-state index in [0.717, 1.165) is 13.1 Å². The third-order valence-corrected chi connectivity index (χ3v) is 2.52. The van der Waals surface area contributed by atoms with Crippen LogP contribution in [0.4, 0.5) is 11.9 Å². The summed E-state index contributed by atoms with van der Waals surface area (Å²) < 4.78 is 0. The number of nitrogen functional groups attached to an aromatic ring is 1. The van der Waals surface area contributed by atoms with Gasteiger partial charge in [0, 0.05) is 13.1 Å². The molecule has 1 saturated heterocycles. The van der Waals surface area contributed by atoms with Gasteiger partial charge in [0.25, 0.3) is 0 Å². The SMILES string of the molecule is CC1CCCN(c2ncnc(N)n2)C1. The maximum Gasteiger partial charge on any atom is 0.230 e. The highest BCUT2D eigenvalue weighted by molar-refractivity contribution is 5.33. The van der Waals surface area contributed by atoms with E-state index >= 15 is 0 Å². The Hall–Kier alpha value is -1.39. The fraction of sp³-hybridized carbons (Fsp3) is 0.667. The summed E-state index contributed by atoms with van der Waals surface area (Å²) in [5.41, 5.74) is 5.51. The van der Waals surface area contributed by atoms with Gasteiger partial charge in [0.05, 0.1) is 0 Å². The zero-order valence-corrected chi connectivity index (χ0v) is 8.35. The first-order chi connectivity index (χ1) is 6.75. The molecule has 5 nitrogen and oxygen atoms in total. The van der Waals surface area contributed by atoms with E-state index in [2.05, 4.69) is 26.8 Å². The van der Waals surface area contributed by atoms with Crippen LogP contribution >= 0.6 is 0 Å². The van der Waals surface area contributed by atoms with Gasteiger partial charge in [-0.3, -0.25) is 0 Å². The predicted octanol–water partition coefficient (Wildman–Crippen LogP) is 0.690. The lowest BCUT2D eigenvalue weighted by atomic mass is 10.0. The van der Waals surface area contributed by atoms with E-state index in [1.807, 2.05) is 0 Å². The Kier molecular flexibility index (Phi) is 2.47. The minimum absolute atomic E-state index is 0.299. The topological polar surface area (TPSA) is 67.9 Å². The Bertz CT molecular complexity index is 314. The summed E-state index contributed by atoms with van der Waals surface area (Å²) in [5.74, 6) is 1.72. The van der Waals surface area contributed by atoms with Crippen LogP contribution in [0, 0.1) is 5.92 Å². The van der Waals surface area contributed by atoms with Crippen molar-refractivity contribution in [1.29, 1.82) is 0 Å². The van der Waals surface area contributed by atoms with Crippen LogP contribution in [-0.2, 0) is 0 Å². The van der Waals surface area contributed by atoms with Crippen LogP contribution in [0.1, 0.15) is 19.8 Å². The quantitative estimate of drug-likeness (QED) is 0.710. The first-order valence-electron chi connectivity index (χ1n) is 4.95. The second-order valence-corrected chi connectivity index (χ2v) is 3.84. The first-order valence-corrected chi connectivity index (χ1v) is 4.95. The fourth-order valence-corrected chi connectivity index (χ4v) is 1.82. The summed E-state index contributed by atoms with van der Waals surface area (Å²) in [7, 11) is 0. The van der Waals surface area contributed by atoms with Gasteiger partial charge in [-0.1, -0.05) is 6.92 Å². The lowest BCUT2D eigenvalue weighted by molar-refractivity contribution is 0.442. The van der Waals surface area contributed by atoms with E-state index in [1.165, 1.54) is 19.2 Å². The van der Waals surface area contributed by atoms with Gasteiger partial charge in [-0.25, -0.2) is 9.97 Å². The molecule has 0 saturated carbocycles. The maximum absolute atomic E-state index is 5.51. The van der Waals surface area contributed by atoms with Gasteiger partial charge < -0.3 is 10.6 Å². The number of aromatic nitrogens is 3. The van der Waals surface area contributed by atoms with E-state index in [9.17, 15) is 0 Å². The van der Waals surface area contributed by atoms with Crippen molar-refractivity contribution in [2.45, 2.75) is 19.8 Å². The summed E-state index contributed by atoms with van der Waals surface area (Å²) in [6.07, 6.45) is 3.96. The lowest BCUT2D eigenvalue weighted by Crippen LogP contribution is -2.35. The summed E-state index contributed by atoms with van der Waals surface area (Å²) in [4.78, 5) is 14.2. The molecule has 0 aliphatic carbocycles. The van der Waals surface area contributed by atoms with Crippen LogP contribution < -0.4 is 10.6 Å². The summed E-state index contributed by atoms with van der Waals surface area (Å²) in [6.45, 7) is 4.29. The molecule has 1 aliphatic heterocycles. The Labute approximate surface area is 83.4 Å². The molecule has 1 unspecified atom stereocenters. The molecule has 2 heterocycles. The Morgan fingerprint density at radius 3 is 3.07 bits per heavy atom. The molecule has 0 bridgehead atoms. The van der Waals surface area contributed by atoms with E-state index in [0.29, 0.717) is 17.8 Å². The second kappa shape index (κ2) is 3.77. The number of nitrogens with two attached hydrogens (primary N) is 1. The van der Waals surface area contributed by atoms with Crippen molar-refractivity contribution >= 4 is 11.9 Å². The predicted molar refractivity (Wildman–Crippen MR) is 54.9 cm³/mol. The van der Waals surface area contributed by atoms with E-state index < -0.39 is 0 Å². The molecule has 14 heavy (non-hydrogen) atoms. The minimum Gasteiger partial charge on any atom is -0.368 e. The van der Waals surface area contributed by atoms with Crippen molar-refractivity contribution in [2.24, 2.45) is 5.92 Å². The van der Waals surface area contributed by atoms with E-state index in [4.69, 9.17) is 5.73 Å². The molecular formula is C9H15N5. The molecule has 5 heteroatoms. The molecule has 0 radical (unpaired) electrons. The molecule has 0 amide bonds. The van der Waals surface area contributed by atoms with Crippen LogP contribution in [-0.4, -0.2) is 28.0 Å². The van der Waals surface area contributed by atoms with Gasteiger partial charge in [-0.05, 0) is 18.8 Å². The molecule has 2 rings (SSSR count). The minimum atomic E-state index is 0.299. The third kappa shape index (κ3) is 1.92. The molecule has 1 atom stereocenters. The zero-order valence-electron chi connectivity index (χ0n) is 8.35. The van der Waals surface area contributed by atoms with Crippen molar-refractivity contribution in [2.75, 3.05) is 23.7 Å². The van der Waals surface area contributed by atoms with Gasteiger partial charge >= 0.3 is 0 Å². The van der Waals surface area contributed by atoms with Crippen molar-refractivity contribution < 1.29 is 0 Å². The highest BCUT2D eigenvalue weighted by atomic mass is 15.3. The van der Waals surface area contributed by atoms with Crippen molar-refractivity contribution in [3.8, 4) is 0 Å². The van der Waals surface area contributed by atoms with E-state index in [-0.39, 0.29) is 0 Å². The molecular weight excluding hydrogens is 178 g/mol. The fourth-order valence-electron chi connectivity index (χ4n) is 1.82. The Morgan fingerprint density at radius 1 is 1.50 bits per heavy atom. The first kappa shape index (κ1) is 9.18. The van der Waals surface area contributed by atoms with Gasteiger partial charge in [0.2, 0.25) is 11.9 Å². The summed E-state index contributed by atoms with van der Waals surface area (Å²) >= 11 is 0. The standard InChI is InChI=1S/C9H15N5/c1-7-3-2-4-14(5-7)9-12-6-11-8(10)13-9/h6-7H,2-5H2,1H3,(H2,10,11,12,13). The van der Waals surface area contributed by atoms with Gasteiger partial charge in [0.15, 0.2) is 0 Å². The number of hydrogen-bond acceptors (Lipinski definition) is 5. The van der Waals surface area contributed by atoms with Crippen molar-refractivity contribution in [1.82, 2.24) is 15.0 Å². The zero-order chi connectivity index (χ0) is 9.97. The highest BCUT2D eigenvalue weighted by Gasteiger charge is 2.18. The lowest BCUT2D eigenvalue weighted by Gasteiger charge is -2.30. The Balaban J connectivity index is 2.14. The molecule has 1 aromatic heterocycles. The molecule has 0 spiro atoms. The highest BCUT2D eigenvalue weighted by Crippen LogP contribution is 2.19. The van der Waals surface area contributed by atoms with Gasteiger partial charge in [-0.15, -0.1) is 0 Å². The average Bonchev–Trinajstić information content (AvgIpc) is 2.18. The second-order valence-electron chi connectivity index (χ2n) is 3.84. The number of rotatable bonds is 1. The molecule has 1 fully saturated rings. The molecule has 0 aromatic carbocycles. The normalized spacial score (nSPS) is 22.4. The van der Waals surface area contributed by atoms with Crippen LogP contribution in [0.5, 0.6) is 0 Å². The van der Waals surface area contributed by atoms with Crippen LogP contribution in [0.25, 0.3) is 0 Å². The molecule has 1 aliphatic rings. The largest absolute Gasteiger partial charge is 0.368 e. The maximum atomic E-state index is 5.51. The summed E-state index contributed by atoms with van der Waals surface area (Å²) in [5, 5.41) is 0. The molecule has 2 N–H and O–H groups in total. The third-order valence-electron chi connectivity index (χ3n) is 2.52. The van der Waals surface area contributed by atoms with Crippen LogP contribution in [0.3, 0.4) is 0 Å². The average molecular weight is 193 g/mol. The number of hydrogen-bond donors (Lipinski definition) is 1. The molecule has 1 aromatic rings. The Morgan fingerprint density at radius 2 is 2.36 bits per heavy atom. The monoisotopic (exact) mass is 193 g/mol. The van der Waals surface area contributed by atoms with Crippen LogP contribution in [0.15, 0.2) is 6.33 Å². The number of anilines is 2. The van der Waals surface area contributed by atoms with E-state index in [1.54, 1.807) is 0 Å². The number of nitrogens with zero attached hydrogens (tertiary/aromatic N) is 4. The summed E-state index contributed by atoms with van der Waals surface area (Å²) in [6, 6.07) is 0. The van der Waals surface area contributed by atoms with Gasteiger partial charge in [-0.2, -0.15) is 4.98 Å². The smallest absolute Gasteiger partial charge is 0.230 e. The van der Waals surface area contributed by atoms with Crippen LogP contribution in [0.2, 0.25) is 0 Å². The van der Waals surface area contributed by atoms with Crippen molar-refractivity contribution in [3.05, 3.63) is 6.33 Å². The molecule has 76 valence electrons. The van der Waals surface area contributed by atoms with Gasteiger partial charge in [0.1, 0.15) is 6.33 Å². The van der Waals surface area contributed by atoms with Crippen molar-refractivity contribution in [3.63, 3.8) is 0 Å².